The lowest BCUT2D eigenvalue weighted by Crippen LogP contribution is -2.37. The van der Waals surface area contributed by atoms with Crippen LogP contribution in [-0.4, -0.2) is 40.7 Å². The Labute approximate surface area is 134 Å². The van der Waals surface area contributed by atoms with Crippen molar-refractivity contribution in [1.29, 1.82) is 0 Å². The highest BCUT2D eigenvalue weighted by molar-refractivity contribution is 5.92. The lowest BCUT2D eigenvalue weighted by molar-refractivity contribution is 0.0729. The fourth-order valence-corrected chi connectivity index (χ4v) is 2.90. The van der Waals surface area contributed by atoms with E-state index in [-0.39, 0.29) is 17.8 Å². The highest BCUT2D eigenvalue weighted by atomic mass is 19.1. The first-order valence-electron chi connectivity index (χ1n) is 7.60. The summed E-state index contributed by atoms with van der Waals surface area (Å²) in [6, 6.07) is 9.80. The third-order valence-corrected chi connectivity index (χ3v) is 4.09. The van der Waals surface area contributed by atoms with Gasteiger partial charge >= 0.3 is 0 Å². The topological polar surface area (TPSA) is 55.3 Å². The van der Waals surface area contributed by atoms with Gasteiger partial charge in [-0.3, -0.25) is 4.79 Å². The largest absolute Gasteiger partial charge is 0.480 e. The van der Waals surface area contributed by atoms with Gasteiger partial charge in [0.15, 0.2) is 5.69 Å². The maximum absolute atomic E-state index is 13.0. The molecule has 23 heavy (non-hydrogen) atoms. The molecule has 2 aromatic rings. The number of carbonyl (C=O) groups excluding carboxylic acids is 1. The van der Waals surface area contributed by atoms with Gasteiger partial charge in [-0.1, -0.05) is 12.1 Å². The van der Waals surface area contributed by atoms with Gasteiger partial charge in [0.25, 0.3) is 5.91 Å². The van der Waals surface area contributed by atoms with E-state index in [1.807, 2.05) is 4.90 Å². The molecule has 1 aliphatic rings. The number of halogens is 1. The number of amides is 1. The minimum atomic E-state index is -0.249. The average molecular weight is 315 g/mol. The van der Waals surface area contributed by atoms with E-state index < -0.39 is 0 Å². The summed E-state index contributed by atoms with van der Waals surface area (Å²) in [4.78, 5) is 14.5. The quantitative estimate of drug-likeness (QED) is 0.870. The zero-order valence-electron chi connectivity index (χ0n) is 12.9. The molecule has 1 saturated heterocycles. The summed E-state index contributed by atoms with van der Waals surface area (Å²) in [5, 5.41) is 7.78. The Morgan fingerprint density at radius 1 is 1.26 bits per heavy atom. The first-order valence-corrected chi connectivity index (χ1v) is 7.60. The van der Waals surface area contributed by atoms with Crippen LogP contribution in [0.15, 0.2) is 36.4 Å². The zero-order valence-corrected chi connectivity index (χ0v) is 12.9. The molecule has 5 nitrogen and oxygen atoms in total. The van der Waals surface area contributed by atoms with Gasteiger partial charge in [-0.25, -0.2) is 4.39 Å². The van der Waals surface area contributed by atoms with Crippen LogP contribution in [0.2, 0.25) is 0 Å². The molecule has 0 radical (unpaired) electrons. The third-order valence-electron chi connectivity index (χ3n) is 4.09. The number of methoxy groups -OCH3 is 1. The van der Waals surface area contributed by atoms with E-state index in [0.717, 1.165) is 24.8 Å². The third kappa shape index (κ3) is 3.47. The molecule has 2 heterocycles. The average Bonchev–Trinajstić information content (AvgIpc) is 3.04. The molecule has 0 spiro atoms. The second-order valence-corrected chi connectivity index (χ2v) is 5.59. The summed E-state index contributed by atoms with van der Waals surface area (Å²) in [5.41, 5.74) is 1.34. The number of aromatic nitrogens is 2. The number of benzene rings is 1. The van der Waals surface area contributed by atoms with Gasteiger partial charge < -0.3 is 9.64 Å². The van der Waals surface area contributed by atoms with E-state index in [1.165, 1.54) is 19.2 Å². The van der Waals surface area contributed by atoms with Crippen LogP contribution < -0.4 is 4.74 Å². The molecule has 6 heteroatoms. The minimum absolute atomic E-state index is 0.108. The number of rotatable bonds is 4. The Balaban J connectivity index is 1.72. The van der Waals surface area contributed by atoms with Gasteiger partial charge in [-0.15, -0.1) is 10.2 Å². The Kier molecular flexibility index (Phi) is 4.50. The SMILES string of the molecule is COc1ccc(C(=O)N2CCCC2Cc2ccc(F)cc2)nn1. The number of ether oxygens (including phenoxy) is 1. The monoisotopic (exact) mass is 315 g/mol. The van der Waals surface area contributed by atoms with Crippen LogP contribution in [0.25, 0.3) is 0 Å². The lowest BCUT2D eigenvalue weighted by atomic mass is 10.0. The molecule has 1 unspecified atom stereocenters. The van der Waals surface area contributed by atoms with Crippen LogP contribution >= 0.6 is 0 Å². The highest BCUT2D eigenvalue weighted by Gasteiger charge is 2.30. The van der Waals surface area contributed by atoms with Crippen LogP contribution in [0.1, 0.15) is 28.9 Å². The molecule has 1 aromatic carbocycles. The van der Waals surface area contributed by atoms with Crippen LogP contribution in [0.4, 0.5) is 4.39 Å². The highest BCUT2D eigenvalue weighted by Crippen LogP contribution is 2.23. The molecule has 120 valence electrons. The Morgan fingerprint density at radius 2 is 2.04 bits per heavy atom. The second kappa shape index (κ2) is 6.73. The van der Waals surface area contributed by atoms with Crippen LogP contribution in [0, 0.1) is 5.82 Å². The number of hydrogen-bond donors (Lipinski definition) is 0. The van der Waals surface area contributed by atoms with E-state index in [9.17, 15) is 9.18 Å². The summed E-state index contributed by atoms with van der Waals surface area (Å²) in [7, 11) is 1.50. The van der Waals surface area contributed by atoms with E-state index in [1.54, 1.807) is 24.3 Å². The van der Waals surface area contributed by atoms with E-state index >= 15 is 0 Å². The van der Waals surface area contributed by atoms with Gasteiger partial charge in [0.1, 0.15) is 5.82 Å². The van der Waals surface area contributed by atoms with Gasteiger partial charge in [0, 0.05) is 18.7 Å². The number of carbonyl (C=O) groups is 1. The first kappa shape index (κ1) is 15.4. The summed E-state index contributed by atoms with van der Waals surface area (Å²) in [6.45, 7) is 0.707. The summed E-state index contributed by atoms with van der Waals surface area (Å²) >= 11 is 0. The molecule has 1 fully saturated rings. The van der Waals surface area contributed by atoms with Crippen molar-refractivity contribution in [2.45, 2.75) is 25.3 Å². The molecule has 0 N–H and O–H groups in total. The summed E-state index contributed by atoms with van der Waals surface area (Å²) in [6.07, 6.45) is 2.61. The number of likely N-dealkylation sites (tertiary alicyclic amines) is 1. The van der Waals surface area contributed by atoms with E-state index in [4.69, 9.17) is 4.74 Å². The smallest absolute Gasteiger partial charge is 0.274 e. The lowest BCUT2D eigenvalue weighted by Gasteiger charge is -2.24. The van der Waals surface area contributed by atoms with E-state index in [2.05, 4.69) is 10.2 Å². The molecule has 1 aromatic heterocycles. The second-order valence-electron chi connectivity index (χ2n) is 5.59. The van der Waals surface area contributed by atoms with Gasteiger partial charge in [0.05, 0.1) is 7.11 Å². The van der Waals surface area contributed by atoms with Crippen LogP contribution in [-0.2, 0) is 6.42 Å². The summed E-state index contributed by atoms with van der Waals surface area (Å²) < 4.78 is 18.0. The van der Waals surface area contributed by atoms with Crippen molar-refractivity contribution >= 4 is 5.91 Å². The normalized spacial score (nSPS) is 17.3. The maximum atomic E-state index is 13.0. The molecule has 1 amide bonds. The molecular weight excluding hydrogens is 297 g/mol. The van der Waals surface area contributed by atoms with E-state index in [0.29, 0.717) is 18.1 Å². The van der Waals surface area contributed by atoms with Crippen molar-refractivity contribution in [1.82, 2.24) is 15.1 Å². The van der Waals surface area contributed by atoms with Crippen molar-refractivity contribution in [3.63, 3.8) is 0 Å². The zero-order chi connectivity index (χ0) is 16.2. The standard InChI is InChI=1S/C17H18FN3O2/c1-23-16-9-8-15(19-20-16)17(22)21-10-2-3-14(21)11-12-4-6-13(18)7-5-12/h4-9,14H,2-3,10-11H2,1H3. The minimum Gasteiger partial charge on any atom is -0.480 e. The fraction of sp³-hybridized carbons (Fsp3) is 0.353. The first-order chi connectivity index (χ1) is 11.2. The van der Waals surface area contributed by atoms with Crippen LogP contribution in [0.5, 0.6) is 5.88 Å². The molecule has 1 aliphatic heterocycles. The van der Waals surface area contributed by atoms with Crippen molar-refractivity contribution in [2.75, 3.05) is 13.7 Å². The van der Waals surface area contributed by atoms with Crippen molar-refractivity contribution in [3.05, 3.63) is 53.5 Å². The van der Waals surface area contributed by atoms with Crippen LogP contribution in [0.3, 0.4) is 0 Å². The maximum Gasteiger partial charge on any atom is 0.274 e. The van der Waals surface area contributed by atoms with Crippen molar-refractivity contribution in [3.8, 4) is 5.88 Å². The van der Waals surface area contributed by atoms with Gasteiger partial charge in [-0.05, 0) is 43.0 Å². The molecule has 0 aliphatic carbocycles. The molecule has 3 rings (SSSR count). The predicted molar refractivity (Wildman–Crippen MR) is 82.7 cm³/mol. The molecular formula is C17H18FN3O2. The Bertz CT molecular complexity index is 673. The fourth-order valence-electron chi connectivity index (χ4n) is 2.90. The van der Waals surface area contributed by atoms with Crippen molar-refractivity contribution in [2.24, 2.45) is 0 Å². The molecule has 0 saturated carbocycles. The molecule has 0 bridgehead atoms. The number of hydrogen-bond acceptors (Lipinski definition) is 4. The van der Waals surface area contributed by atoms with Gasteiger partial charge in [-0.2, -0.15) is 0 Å². The number of nitrogens with zero attached hydrogens (tertiary/aromatic N) is 3. The summed E-state index contributed by atoms with van der Waals surface area (Å²) in [5.74, 6) is 0.0113. The van der Waals surface area contributed by atoms with Crippen molar-refractivity contribution < 1.29 is 13.9 Å². The Hall–Kier alpha value is -2.50. The Morgan fingerprint density at radius 3 is 2.70 bits per heavy atom. The predicted octanol–water partition coefficient (Wildman–Crippen LogP) is 2.47. The van der Waals surface area contributed by atoms with Gasteiger partial charge in [0.2, 0.25) is 5.88 Å². The molecule has 1 atom stereocenters.